The Morgan fingerprint density at radius 3 is 2.09 bits per heavy atom. The van der Waals surface area contributed by atoms with Crippen molar-refractivity contribution < 1.29 is 28.7 Å². The fourth-order valence-corrected chi connectivity index (χ4v) is 3.27. The topological polar surface area (TPSA) is 114 Å². The van der Waals surface area contributed by atoms with Crippen LogP contribution in [0.1, 0.15) is 72.1 Å². The number of aryl methyl sites for hydroxylation is 1. The number of esters is 1. The molecule has 0 saturated heterocycles. The Kier molecular flexibility index (Phi) is 11.0. The zero-order chi connectivity index (χ0) is 26.1. The molecule has 0 radical (unpaired) electrons. The molecular formula is C25H39N3O6. The number of benzene rings is 1. The van der Waals surface area contributed by atoms with E-state index >= 15 is 0 Å². The van der Waals surface area contributed by atoms with E-state index in [-0.39, 0.29) is 12.6 Å². The van der Waals surface area contributed by atoms with Gasteiger partial charge in [-0.3, -0.25) is 14.4 Å². The zero-order valence-electron chi connectivity index (χ0n) is 21.6. The lowest BCUT2D eigenvalue weighted by molar-refractivity contribution is -0.146. The summed E-state index contributed by atoms with van der Waals surface area (Å²) in [6, 6.07) is 5.10. The summed E-state index contributed by atoms with van der Waals surface area (Å²) in [4.78, 5) is 52.2. The lowest BCUT2D eigenvalue weighted by Gasteiger charge is -2.37. The van der Waals surface area contributed by atoms with E-state index in [1.54, 1.807) is 39.8 Å². The summed E-state index contributed by atoms with van der Waals surface area (Å²) in [5.74, 6) is -1.57. The van der Waals surface area contributed by atoms with Gasteiger partial charge in [-0.2, -0.15) is 0 Å². The monoisotopic (exact) mass is 477 g/mol. The van der Waals surface area contributed by atoms with Gasteiger partial charge in [-0.25, -0.2) is 4.79 Å². The first kappa shape index (κ1) is 28.9. The number of rotatable bonds is 10. The molecule has 0 heterocycles. The number of ether oxygens (including phenoxy) is 2. The normalized spacial score (nSPS) is 13.8. The van der Waals surface area contributed by atoms with Crippen molar-refractivity contribution in [2.75, 3.05) is 13.7 Å². The minimum atomic E-state index is -1.01. The minimum absolute atomic E-state index is 0.326. The Morgan fingerprint density at radius 1 is 1.03 bits per heavy atom. The fourth-order valence-electron chi connectivity index (χ4n) is 3.27. The smallest absolute Gasteiger partial charge is 0.408 e. The molecule has 0 aromatic heterocycles. The summed E-state index contributed by atoms with van der Waals surface area (Å²) in [6.07, 6.45) is 0.666. The SMILES string of the molecule is CCc1ccc(C(C(=O)NCC(=O)OC)N(C(=O)C(C)NC(=O)OC(C)(C)C)C(C)CC)cc1. The van der Waals surface area contributed by atoms with Gasteiger partial charge in [0.25, 0.3) is 0 Å². The molecule has 0 spiro atoms. The van der Waals surface area contributed by atoms with Crippen molar-refractivity contribution in [2.24, 2.45) is 0 Å². The molecule has 3 unspecified atom stereocenters. The maximum atomic E-state index is 13.6. The standard InChI is InChI=1S/C25H39N3O6/c1-9-16(3)28(23(31)17(4)27-24(32)34-25(5,6)7)21(22(30)26-15-20(29)33-8)19-13-11-18(10-2)12-14-19/h11-14,16-17,21H,9-10,15H2,1-8H3,(H,26,30)(H,27,32). The molecule has 0 saturated carbocycles. The fraction of sp³-hybridized carbons (Fsp3) is 0.600. The highest BCUT2D eigenvalue weighted by Gasteiger charge is 2.37. The van der Waals surface area contributed by atoms with Gasteiger partial charge in [0.2, 0.25) is 11.8 Å². The molecule has 1 aromatic carbocycles. The second-order valence-corrected chi connectivity index (χ2v) is 9.16. The Morgan fingerprint density at radius 2 is 1.62 bits per heavy atom. The van der Waals surface area contributed by atoms with Crippen molar-refractivity contribution in [3.8, 4) is 0 Å². The molecule has 1 rings (SSSR count). The Labute approximate surface area is 202 Å². The van der Waals surface area contributed by atoms with Crippen LogP contribution in [0, 0.1) is 0 Å². The molecule has 3 amide bonds. The van der Waals surface area contributed by atoms with Crippen LogP contribution >= 0.6 is 0 Å². The third-order valence-electron chi connectivity index (χ3n) is 5.29. The lowest BCUT2D eigenvalue weighted by Crippen LogP contribution is -2.54. The van der Waals surface area contributed by atoms with Crippen molar-refractivity contribution in [1.29, 1.82) is 0 Å². The quantitative estimate of drug-likeness (QED) is 0.501. The van der Waals surface area contributed by atoms with Gasteiger partial charge < -0.3 is 25.0 Å². The van der Waals surface area contributed by atoms with Crippen LogP contribution in [0.4, 0.5) is 4.79 Å². The summed E-state index contributed by atoms with van der Waals surface area (Å²) in [7, 11) is 1.23. The molecule has 34 heavy (non-hydrogen) atoms. The first-order chi connectivity index (χ1) is 15.8. The van der Waals surface area contributed by atoms with Gasteiger partial charge in [0, 0.05) is 6.04 Å². The highest BCUT2D eigenvalue weighted by atomic mass is 16.6. The van der Waals surface area contributed by atoms with Crippen LogP contribution in [-0.2, 0) is 30.3 Å². The maximum Gasteiger partial charge on any atom is 0.408 e. The molecule has 0 aliphatic rings. The highest BCUT2D eigenvalue weighted by molar-refractivity contribution is 5.93. The van der Waals surface area contributed by atoms with Gasteiger partial charge in [-0.1, -0.05) is 38.1 Å². The van der Waals surface area contributed by atoms with Crippen LogP contribution in [0.5, 0.6) is 0 Å². The van der Waals surface area contributed by atoms with Crippen molar-refractivity contribution >= 4 is 23.9 Å². The molecular weight excluding hydrogens is 438 g/mol. The van der Waals surface area contributed by atoms with Crippen molar-refractivity contribution in [3.05, 3.63) is 35.4 Å². The third kappa shape index (κ3) is 8.68. The average Bonchev–Trinajstić information content (AvgIpc) is 2.78. The summed E-state index contributed by atoms with van der Waals surface area (Å²) < 4.78 is 9.89. The predicted octanol–water partition coefficient (Wildman–Crippen LogP) is 3.12. The summed E-state index contributed by atoms with van der Waals surface area (Å²) in [5.41, 5.74) is 0.956. The van der Waals surface area contributed by atoms with E-state index in [1.165, 1.54) is 12.0 Å². The second-order valence-electron chi connectivity index (χ2n) is 9.16. The molecule has 9 nitrogen and oxygen atoms in total. The number of methoxy groups -OCH3 is 1. The number of nitrogens with zero attached hydrogens (tertiary/aromatic N) is 1. The van der Waals surface area contributed by atoms with E-state index in [2.05, 4.69) is 15.4 Å². The molecule has 190 valence electrons. The van der Waals surface area contributed by atoms with E-state index < -0.39 is 41.6 Å². The number of amides is 3. The largest absolute Gasteiger partial charge is 0.468 e. The van der Waals surface area contributed by atoms with Gasteiger partial charge in [0.1, 0.15) is 24.2 Å². The number of nitrogens with one attached hydrogen (secondary N) is 2. The minimum Gasteiger partial charge on any atom is -0.468 e. The molecule has 9 heteroatoms. The van der Waals surface area contributed by atoms with Crippen LogP contribution in [0.25, 0.3) is 0 Å². The van der Waals surface area contributed by atoms with Crippen LogP contribution in [0.2, 0.25) is 0 Å². The predicted molar refractivity (Wildman–Crippen MR) is 129 cm³/mol. The average molecular weight is 478 g/mol. The molecule has 0 bridgehead atoms. The third-order valence-corrected chi connectivity index (χ3v) is 5.29. The Hall–Kier alpha value is -3.10. The molecule has 2 N–H and O–H groups in total. The van der Waals surface area contributed by atoms with Crippen LogP contribution in [-0.4, -0.2) is 60.1 Å². The van der Waals surface area contributed by atoms with Gasteiger partial charge in [0.05, 0.1) is 7.11 Å². The first-order valence-corrected chi connectivity index (χ1v) is 11.6. The van der Waals surface area contributed by atoms with Crippen molar-refractivity contribution in [2.45, 2.75) is 85.0 Å². The summed E-state index contributed by atoms with van der Waals surface area (Å²) >= 11 is 0. The highest BCUT2D eigenvalue weighted by Crippen LogP contribution is 2.26. The van der Waals surface area contributed by atoms with Crippen LogP contribution < -0.4 is 10.6 Å². The first-order valence-electron chi connectivity index (χ1n) is 11.6. The molecule has 0 fully saturated rings. The summed E-state index contributed by atoms with van der Waals surface area (Å²) in [5, 5.41) is 5.13. The Bertz CT molecular complexity index is 847. The molecule has 1 aromatic rings. The lowest BCUT2D eigenvalue weighted by atomic mass is 9.98. The zero-order valence-corrected chi connectivity index (χ0v) is 21.6. The number of hydrogen-bond acceptors (Lipinski definition) is 6. The van der Waals surface area contributed by atoms with Gasteiger partial charge >= 0.3 is 12.1 Å². The van der Waals surface area contributed by atoms with E-state index in [9.17, 15) is 19.2 Å². The van der Waals surface area contributed by atoms with E-state index in [0.29, 0.717) is 12.0 Å². The molecule has 3 atom stereocenters. The number of hydrogen-bond donors (Lipinski definition) is 2. The number of alkyl carbamates (subject to hydrolysis) is 1. The maximum absolute atomic E-state index is 13.6. The van der Waals surface area contributed by atoms with Crippen molar-refractivity contribution in [1.82, 2.24) is 15.5 Å². The number of carbonyl (C=O) groups excluding carboxylic acids is 4. The van der Waals surface area contributed by atoms with Gasteiger partial charge in [0.15, 0.2) is 0 Å². The van der Waals surface area contributed by atoms with E-state index in [0.717, 1.165) is 12.0 Å². The second kappa shape index (κ2) is 13.0. The van der Waals surface area contributed by atoms with Crippen LogP contribution in [0.15, 0.2) is 24.3 Å². The summed E-state index contributed by atoms with van der Waals surface area (Å²) in [6.45, 7) is 12.2. The number of carbonyl (C=O) groups is 4. The molecule has 0 aliphatic carbocycles. The Balaban J connectivity index is 3.34. The molecule has 0 aliphatic heterocycles. The van der Waals surface area contributed by atoms with Gasteiger partial charge in [-0.15, -0.1) is 0 Å². The van der Waals surface area contributed by atoms with E-state index in [1.807, 2.05) is 32.9 Å². The van der Waals surface area contributed by atoms with Crippen LogP contribution in [0.3, 0.4) is 0 Å². The van der Waals surface area contributed by atoms with E-state index in [4.69, 9.17) is 4.74 Å². The van der Waals surface area contributed by atoms with Crippen molar-refractivity contribution in [3.63, 3.8) is 0 Å². The van der Waals surface area contributed by atoms with Gasteiger partial charge in [-0.05, 0) is 58.6 Å².